The van der Waals surface area contributed by atoms with Crippen LogP contribution in [0.4, 0.5) is 5.69 Å². The molecule has 0 radical (unpaired) electrons. The molecular weight excluding hydrogens is 320 g/mol. The number of ether oxygens (including phenoxy) is 2. The van der Waals surface area contributed by atoms with Crippen LogP contribution in [0.25, 0.3) is 0 Å². The summed E-state index contributed by atoms with van der Waals surface area (Å²) in [5.74, 6) is 0.248. The summed E-state index contributed by atoms with van der Waals surface area (Å²) in [6.45, 7) is 2.71. The van der Waals surface area contributed by atoms with Crippen LogP contribution in [-0.4, -0.2) is 25.0 Å². The molecule has 0 aliphatic carbocycles. The molecule has 1 aliphatic heterocycles. The second kappa shape index (κ2) is 7.25. The fourth-order valence-electron chi connectivity index (χ4n) is 2.87. The van der Waals surface area contributed by atoms with Crippen molar-refractivity contribution < 1.29 is 19.1 Å². The Bertz CT molecular complexity index is 804. The van der Waals surface area contributed by atoms with E-state index in [1.165, 1.54) is 0 Å². The molecule has 2 amide bonds. The lowest BCUT2D eigenvalue weighted by molar-refractivity contribution is -0.121. The summed E-state index contributed by atoms with van der Waals surface area (Å²) in [6, 6.07) is 12.3. The first kappa shape index (κ1) is 16.8. The van der Waals surface area contributed by atoms with Crippen molar-refractivity contribution in [3.63, 3.8) is 0 Å². The van der Waals surface area contributed by atoms with Crippen LogP contribution in [-0.2, 0) is 11.2 Å². The van der Waals surface area contributed by atoms with Crippen molar-refractivity contribution in [3.05, 3.63) is 53.6 Å². The van der Waals surface area contributed by atoms with E-state index in [4.69, 9.17) is 15.2 Å². The Morgan fingerprint density at radius 3 is 2.80 bits per heavy atom. The van der Waals surface area contributed by atoms with Crippen LogP contribution in [0.15, 0.2) is 42.5 Å². The third-order valence-corrected chi connectivity index (χ3v) is 4.08. The van der Waals surface area contributed by atoms with Crippen molar-refractivity contribution in [3.8, 4) is 11.5 Å². The van der Waals surface area contributed by atoms with E-state index in [1.807, 2.05) is 25.1 Å². The molecular formula is C19H20N2O4. The van der Waals surface area contributed by atoms with Crippen molar-refractivity contribution in [2.45, 2.75) is 13.3 Å². The molecule has 0 fully saturated rings. The van der Waals surface area contributed by atoms with E-state index < -0.39 is 5.91 Å². The van der Waals surface area contributed by atoms with Gasteiger partial charge in [0, 0.05) is 0 Å². The number of carbonyl (C=O) groups excluding carboxylic acids is 2. The first-order chi connectivity index (χ1) is 12.1. The third kappa shape index (κ3) is 3.57. The highest BCUT2D eigenvalue weighted by Gasteiger charge is 2.28. The summed E-state index contributed by atoms with van der Waals surface area (Å²) in [5.41, 5.74) is 6.97. The van der Waals surface area contributed by atoms with Crippen molar-refractivity contribution >= 4 is 17.5 Å². The Kier molecular flexibility index (Phi) is 4.88. The molecule has 3 rings (SSSR count). The molecule has 0 spiro atoms. The minimum atomic E-state index is -0.581. The number of carbonyl (C=O) groups is 2. The van der Waals surface area contributed by atoms with Gasteiger partial charge in [0.25, 0.3) is 5.91 Å². The van der Waals surface area contributed by atoms with E-state index in [9.17, 15) is 9.59 Å². The highest BCUT2D eigenvalue weighted by molar-refractivity contribution is 6.03. The predicted molar refractivity (Wildman–Crippen MR) is 93.9 cm³/mol. The normalized spacial score (nSPS) is 15.6. The molecule has 130 valence electrons. The SMILES string of the molecule is CCOc1cccc2c1OCC(C(=O)Nc1ccccc1C(N)=O)C2. The lowest BCUT2D eigenvalue weighted by atomic mass is 9.95. The minimum absolute atomic E-state index is 0.207. The topological polar surface area (TPSA) is 90.7 Å². The minimum Gasteiger partial charge on any atom is -0.490 e. The first-order valence-corrected chi connectivity index (χ1v) is 8.17. The maximum Gasteiger partial charge on any atom is 0.250 e. The van der Waals surface area contributed by atoms with Crippen molar-refractivity contribution in [1.82, 2.24) is 0 Å². The van der Waals surface area contributed by atoms with Gasteiger partial charge in [-0.1, -0.05) is 24.3 Å². The zero-order valence-corrected chi connectivity index (χ0v) is 14.0. The molecule has 0 bridgehead atoms. The van der Waals surface area contributed by atoms with Crippen molar-refractivity contribution in [1.29, 1.82) is 0 Å². The quantitative estimate of drug-likeness (QED) is 0.874. The van der Waals surface area contributed by atoms with Gasteiger partial charge in [-0.2, -0.15) is 0 Å². The number of nitrogens with two attached hydrogens (primary N) is 1. The lowest BCUT2D eigenvalue weighted by Gasteiger charge is -2.26. The Balaban J connectivity index is 1.75. The van der Waals surface area contributed by atoms with Crippen LogP contribution >= 0.6 is 0 Å². The fraction of sp³-hybridized carbons (Fsp3) is 0.263. The summed E-state index contributed by atoms with van der Waals surface area (Å²) in [4.78, 5) is 24.1. The summed E-state index contributed by atoms with van der Waals surface area (Å²) >= 11 is 0. The number of fused-ring (bicyclic) bond motifs is 1. The Hall–Kier alpha value is -3.02. The van der Waals surface area contributed by atoms with Gasteiger partial charge in [0.15, 0.2) is 11.5 Å². The monoisotopic (exact) mass is 340 g/mol. The van der Waals surface area contributed by atoms with Crippen LogP contribution in [0.1, 0.15) is 22.8 Å². The summed E-state index contributed by atoms with van der Waals surface area (Å²) in [5, 5.41) is 2.78. The number of rotatable bonds is 5. The summed E-state index contributed by atoms with van der Waals surface area (Å²) in [7, 11) is 0. The van der Waals surface area contributed by atoms with Gasteiger partial charge < -0.3 is 20.5 Å². The zero-order chi connectivity index (χ0) is 17.8. The van der Waals surface area contributed by atoms with Gasteiger partial charge in [-0.3, -0.25) is 9.59 Å². The molecule has 2 aromatic rings. The maximum atomic E-state index is 12.6. The number of para-hydroxylation sites is 2. The number of anilines is 1. The molecule has 1 aliphatic rings. The average Bonchev–Trinajstić information content (AvgIpc) is 2.62. The smallest absolute Gasteiger partial charge is 0.250 e. The Morgan fingerprint density at radius 2 is 2.04 bits per heavy atom. The van der Waals surface area contributed by atoms with Gasteiger partial charge >= 0.3 is 0 Å². The van der Waals surface area contributed by atoms with Gasteiger partial charge in [0.1, 0.15) is 6.61 Å². The molecule has 0 saturated carbocycles. The molecule has 1 atom stereocenters. The van der Waals surface area contributed by atoms with Gasteiger partial charge in [-0.15, -0.1) is 0 Å². The second-order valence-electron chi connectivity index (χ2n) is 5.79. The Morgan fingerprint density at radius 1 is 1.24 bits per heavy atom. The van der Waals surface area contributed by atoms with Crippen LogP contribution in [0.3, 0.4) is 0 Å². The van der Waals surface area contributed by atoms with E-state index in [2.05, 4.69) is 5.32 Å². The number of primary amides is 1. The predicted octanol–water partition coefficient (Wildman–Crippen LogP) is 2.37. The Labute approximate surface area is 145 Å². The lowest BCUT2D eigenvalue weighted by Crippen LogP contribution is -2.33. The number of hydrogen-bond donors (Lipinski definition) is 2. The summed E-state index contributed by atoms with van der Waals surface area (Å²) < 4.78 is 11.3. The van der Waals surface area contributed by atoms with E-state index in [-0.39, 0.29) is 24.0 Å². The highest BCUT2D eigenvalue weighted by Crippen LogP contribution is 2.36. The van der Waals surface area contributed by atoms with Gasteiger partial charge in [-0.25, -0.2) is 0 Å². The zero-order valence-electron chi connectivity index (χ0n) is 14.0. The van der Waals surface area contributed by atoms with Crippen LogP contribution in [0, 0.1) is 5.92 Å². The molecule has 2 aromatic carbocycles. The fourth-order valence-corrected chi connectivity index (χ4v) is 2.87. The van der Waals surface area contributed by atoms with Crippen LogP contribution in [0.2, 0.25) is 0 Å². The van der Waals surface area contributed by atoms with E-state index >= 15 is 0 Å². The number of amides is 2. The van der Waals surface area contributed by atoms with Crippen LogP contribution in [0.5, 0.6) is 11.5 Å². The molecule has 1 unspecified atom stereocenters. The molecule has 1 heterocycles. The highest BCUT2D eigenvalue weighted by atomic mass is 16.5. The molecule has 0 aromatic heterocycles. The molecule has 0 saturated heterocycles. The van der Waals surface area contributed by atoms with Crippen molar-refractivity contribution in [2.75, 3.05) is 18.5 Å². The number of nitrogens with one attached hydrogen (secondary N) is 1. The standard InChI is InChI=1S/C19H20N2O4/c1-2-24-16-9-5-6-12-10-13(11-25-17(12)16)19(23)21-15-8-4-3-7-14(15)18(20)22/h3-9,13H,2,10-11H2,1H3,(H2,20,22)(H,21,23). The third-order valence-electron chi connectivity index (χ3n) is 4.08. The number of hydrogen-bond acceptors (Lipinski definition) is 4. The van der Waals surface area contributed by atoms with E-state index in [0.29, 0.717) is 30.2 Å². The second-order valence-corrected chi connectivity index (χ2v) is 5.79. The summed E-state index contributed by atoms with van der Waals surface area (Å²) in [6.07, 6.45) is 0.542. The maximum absolute atomic E-state index is 12.6. The van der Waals surface area contributed by atoms with E-state index in [1.54, 1.807) is 24.3 Å². The van der Waals surface area contributed by atoms with Gasteiger partial charge in [0.2, 0.25) is 5.91 Å². The average molecular weight is 340 g/mol. The number of benzene rings is 2. The largest absolute Gasteiger partial charge is 0.490 e. The van der Waals surface area contributed by atoms with E-state index in [0.717, 1.165) is 5.56 Å². The molecule has 6 nitrogen and oxygen atoms in total. The van der Waals surface area contributed by atoms with Gasteiger partial charge in [-0.05, 0) is 37.1 Å². The first-order valence-electron chi connectivity index (χ1n) is 8.17. The van der Waals surface area contributed by atoms with Crippen LogP contribution < -0.4 is 20.5 Å². The van der Waals surface area contributed by atoms with Crippen molar-refractivity contribution in [2.24, 2.45) is 11.7 Å². The molecule has 3 N–H and O–H groups in total. The molecule has 25 heavy (non-hydrogen) atoms. The van der Waals surface area contributed by atoms with Gasteiger partial charge in [0.05, 0.1) is 23.8 Å². The molecule has 6 heteroatoms.